The fraction of sp³-hybridized carbons (Fsp3) is 0.280. The normalized spacial score (nSPS) is 10.7. The van der Waals surface area contributed by atoms with E-state index in [1.54, 1.807) is 4.90 Å². The number of halogens is 2. The van der Waals surface area contributed by atoms with E-state index in [1.807, 2.05) is 56.3 Å². The van der Waals surface area contributed by atoms with E-state index in [1.165, 1.54) is 4.90 Å². The molecule has 174 valence electrons. The minimum Gasteiger partial charge on any atom is -0.464 e. The first-order valence-corrected chi connectivity index (χ1v) is 10.7. The van der Waals surface area contributed by atoms with E-state index < -0.39 is 17.7 Å². The number of anilines is 1. The molecule has 3 rings (SSSR count). The molecule has 0 spiro atoms. The van der Waals surface area contributed by atoms with Gasteiger partial charge in [0.1, 0.15) is 29.7 Å². The second-order valence-corrected chi connectivity index (χ2v) is 7.72. The molecular formula is C25H27F2N3O3. The molecule has 0 atom stereocenters. The molecule has 0 radical (unpaired) electrons. The number of aryl methyl sites for hydroxylation is 1. The van der Waals surface area contributed by atoms with Crippen molar-refractivity contribution >= 4 is 17.6 Å². The van der Waals surface area contributed by atoms with Gasteiger partial charge < -0.3 is 19.5 Å². The summed E-state index contributed by atoms with van der Waals surface area (Å²) in [7, 11) is 0. The van der Waals surface area contributed by atoms with Crippen LogP contribution in [0.25, 0.3) is 0 Å². The fourth-order valence-corrected chi connectivity index (χ4v) is 3.36. The van der Waals surface area contributed by atoms with E-state index in [0.29, 0.717) is 31.3 Å². The van der Waals surface area contributed by atoms with Gasteiger partial charge in [-0.15, -0.1) is 0 Å². The fourth-order valence-electron chi connectivity index (χ4n) is 3.36. The molecule has 2 aromatic carbocycles. The highest BCUT2D eigenvalue weighted by molar-refractivity contribution is 5.92. The lowest BCUT2D eigenvalue weighted by Crippen LogP contribution is -2.44. The molecule has 0 aliphatic rings. The number of urea groups is 1. The van der Waals surface area contributed by atoms with Crippen molar-refractivity contribution in [2.75, 3.05) is 18.4 Å². The highest BCUT2D eigenvalue weighted by Gasteiger charge is 2.23. The minimum atomic E-state index is -0.884. The maximum Gasteiger partial charge on any atom is 0.322 e. The van der Waals surface area contributed by atoms with E-state index in [9.17, 15) is 18.4 Å². The SMILES string of the molecule is CCCN(CC(=O)N(Cc1ccccc1)Cc1ccc(C)o1)C(=O)Nc1ccc(F)cc1F. The molecular weight excluding hydrogens is 428 g/mol. The molecule has 0 aliphatic carbocycles. The number of nitrogens with one attached hydrogen (secondary N) is 1. The number of carbonyl (C=O) groups excluding carboxylic acids is 2. The lowest BCUT2D eigenvalue weighted by atomic mass is 10.2. The Morgan fingerprint density at radius 3 is 2.36 bits per heavy atom. The Morgan fingerprint density at radius 1 is 0.970 bits per heavy atom. The Kier molecular flexibility index (Phi) is 8.18. The topological polar surface area (TPSA) is 65.8 Å². The lowest BCUT2D eigenvalue weighted by molar-refractivity contribution is -0.133. The number of carbonyl (C=O) groups is 2. The first kappa shape index (κ1) is 24.0. The number of hydrogen-bond acceptors (Lipinski definition) is 3. The number of furan rings is 1. The van der Waals surface area contributed by atoms with Gasteiger partial charge in [0.25, 0.3) is 0 Å². The maximum absolute atomic E-state index is 14.0. The average molecular weight is 456 g/mol. The van der Waals surface area contributed by atoms with Crippen LogP contribution in [0.5, 0.6) is 0 Å². The molecule has 0 saturated carbocycles. The van der Waals surface area contributed by atoms with Gasteiger partial charge in [-0.1, -0.05) is 37.3 Å². The molecule has 0 saturated heterocycles. The van der Waals surface area contributed by atoms with Gasteiger partial charge in [0.2, 0.25) is 5.91 Å². The molecule has 1 aromatic heterocycles. The first-order chi connectivity index (χ1) is 15.9. The zero-order chi connectivity index (χ0) is 23.8. The van der Waals surface area contributed by atoms with Gasteiger partial charge in [0.15, 0.2) is 0 Å². The summed E-state index contributed by atoms with van der Waals surface area (Å²) in [5.74, 6) is -0.529. The number of amides is 3. The average Bonchev–Trinajstić information content (AvgIpc) is 3.20. The molecule has 0 unspecified atom stereocenters. The molecule has 6 nitrogen and oxygen atoms in total. The van der Waals surface area contributed by atoms with Crippen LogP contribution in [-0.2, 0) is 17.9 Å². The standard InChI is InChI=1S/C25H27F2N3O3/c1-3-13-29(25(32)28-23-12-10-20(26)14-22(23)27)17-24(31)30(15-19-7-5-4-6-8-19)16-21-11-9-18(2)33-21/h4-12,14H,3,13,15-17H2,1-2H3,(H,28,32). The van der Waals surface area contributed by atoms with Gasteiger partial charge in [-0.2, -0.15) is 0 Å². The predicted molar refractivity (Wildman–Crippen MR) is 121 cm³/mol. The molecule has 0 fully saturated rings. The summed E-state index contributed by atoms with van der Waals surface area (Å²) in [5, 5.41) is 2.43. The van der Waals surface area contributed by atoms with Crippen LogP contribution in [0.15, 0.2) is 65.1 Å². The third-order valence-corrected chi connectivity index (χ3v) is 4.99. The number of nitrogens with zero attached hydrogens (tertiary/aromatic N) is 2. The molecule has 0 aliphatic heterocycles. The van der Waals surface area contributed by atoms with Crippen molar-refractivity contribution < 1.29 is 22.8 Å². The van der Waals surface area contributed by atoms with Crippen molar-refractivity contribution in [1.29, 1.82) is 0 Å². The Hall–Kier alpha value is -3.68. The Bertz CT molecular complexity index is 1090. The third kappa shape index (κ3) is 6.90. The van der Waals surface area contributed by atoms with E-state index in [-0.39, 0.29) is 24.7 Å². The van der Waals surface area contributed by atoms with E-state index in [4.69, 9.17) is 4.42 Å². The molecule has 33 heavy (non-hydrogen) atoms. The minimum absolute atomic E-state index is 0.151. The van der Waals surface area contributed by atoms with Crippen molar-refractivity contribution in [1.82, 2.24) is 9.80 Å². The van der Waals surface area contributed by atoms with Gasteiger partial charge in [-0.3, -0.25) is 4.79 Å². The van der Waals surface area contributed by atoms with E-state index in [2.05, 4.69) is 5.32 Å². The van der Waals surface area contributed by atoms with Gasteiger partial charge in [0.05, 0.1) is 12.2 Å². The van der Waals surface area contributed by atoms with Crippen LogP contribution in [0.2, 0.25) is 0 Å². The number of rotatable bonds is 9. The Labute approximate surface area is 191 Å². The quantitative estimate of drug-likeness (QED) is 0.474. The van der Waals surface area contributed by atoms with Crippen molar-refractivity contribution in [2.24, 2.45) is 0 Å². The molecule has 1 N–H and O–H groups in total. The van der Waals surface area contributed by atoms with Gasteiger partial charge in [-0.25, -0.2) is 13.6 Å². The van der Waals surface area contributed by atoms with E-state index in [0.717, 1.165) is 23.5 Å². The summed E-state index contributed by atoms with van der Waals surface area (Å²) in [5.41, 5.74) is 0.788. The molecule has 8 heteroatoms. The van der Waals surface area contributed by atoms with Crippen molar-refractivity contribution in [3.05, 3.63) is 89.4 Å². The third-order valence-electron chi connectivity index (χ3n) is 4.99. The predicted octanol–water partition coefficient (Wildman–Crippen LogP) is 5.34. The summed E-state index contributed by atoms with van der Waals surface area (Å²) in [6, 6.07) is 15.4. The van der Waals surface area contributed by atoms with Crippen molar-refractivity contribution in [3.63, 3.8) is 0 Å². The van der Waals surface area contributed by atoms with Crippen LogP contribution in [0.3, 0.4) is 0 Å². The maximum atomic E-state index is 14.0. The van der Waals surface area contributed by atoms with Crippen LogP contribution in [0, 0.1) is 18.6 Å². The Morgan fingerprint density at radius 2 is 1.73 bits per heavy atom. The van der Waals surface area contributed by atoms with Crippen LogP contribution in [-0.4, -0.2) is 34.8 Å². The van der Waals surface area contributed by atoms with Crippen LogP contribution in [0.4, 0.5) is 19.3 Å². The lowest BCUT2D eigenvalue weighted by Gasteiger charge is -2.27. The molecule has 3 aromatic rings. The Balaban J connectivity index is 1.75. The van der Waals surface area contributed by atoms with Crippen LogP contribution >= 0.6 is 0 Å². The van der Waals surface area contributed by atoms with Crippen LogP contribution in [0.1, 0.15) is 30.4 Å². The summed E-state index contributed by atoms with van der Waals surface area (Å²) in [6.45, 7) is 4.38. The first-order valence-electron chi connectivity index (χ1n) is 10.7. The van der Waals surface area contributed by atoms with Gasteiger partial charge in [0, 0.05) is 19.2 Å². The van der Waals surface area contributed by atoms with E-state index >= 15 is 0 Å². The summed E-state index contributed by atoms with van der Waals surface area (Å²) in [6.07, 6.45) is 0.600. The summed E-state index contributed by atoms with van der Waals surface area (Å²) >= 11 is 0. The molecule has 1 heterocycles. The zero-order valence-electron chi connectivity index (χ0n) is 18.7. The van der Waals surface area contributed by atoms with Crippen molar-refractivity contribution in [2.45, 2.75) is 33.4 Å². The monoisotopic (exact) mass is 455 g/mol. The summed E-state index contributed by atoms with van der Waals surface area (Å²) in [4.78, 5) is 29.0. The number of benzene rings is 2. The smallest absolute Gasteiger partial charge is 0.322 e. The highest BCUT2D eigenvalue weighted by Crippen LogP contribution is 2.17. The molecule has 0 bridgehead atoms. The zero-order valence-corrected chi connectivity index (χ0v) is 18.7. The van der Waals surface area contributed by atoms with Crippen molar-refractivity contribution in [3.8, 4) is 0 Å². The molecule has 3 amide bonds. The summed E-state index contributed by atoms with van der Waals surface area (Å²) < 4.78 is 32.8. The van der Waals surface area contributed by atoms with Crippen LogP contribution < -0.4 is 5.32 Å². The highest BCUT2D eigenvalue weighted by atomic mass is 19.1. The van der Waals surface area contributed by atoms with Gasteiger partial charge >= 0.3 is 6.03 Å². The second kappa shape index (κ2) is 11.3. The van der Waals surface area contributed by atoms with Gasteiger partial charge in [-0.05, 0) is 43.2 Å². The number of hydrogen-bond donors (Lipinski definition) is 1. The second-order valence-electron chi connectivity index (χ2n) is 7.72. The largest absolute Gasteiger partial charge is 0.464 e.